The number of amides is 2. The fraction of sp³-hybridized carbons (Fsp3) is 0.857. The number of hydrogen-bond donors (Lipinski definition) is 1. The van der Waals surface area contributed by atoms with Crippen LogP contribution in [0.15, 0.2) is 0 Å². The molecule has 0 aromatic heterocycles. The SMILES string of the molecule is CC1CC2(CCN(C(=O)OC(C)(C)C)CC2)NC1=O. The molecule has 2 fully saturated rings. The van der Waals surface area contributed by atoms with Gasteiger partial charge in [0.1, 0.15) is 5.60 Å². The molecule has 2 amide bonds. The van der Waals surface area contributed by atoms with Crippen molar-refractivity contribution >= 4 is 12.0 Å². The van der Waals surface area contributed by atoms with Crippen LogP contribution in [-0.2, 0) is 9.53 Å². The van der Waals surface area contributed by atoms with Crippen LogP contribution in [0.1, 0.15) is 47.0 Å². The van der Waals surface area contributed by atoms with E-state index in [1.807, 2.05) is 27.7 Å². The lowest BCUT2D eigenvalue weighted by atomic mass is 9.84. The largest absolute Gasteiger partial charge is 0.444 e. The number of carbonyl (C=O) groups is 2. The van der Waals surface area contributed by atoms with Crippen molar-refractivity contribution < 1.29 is 14.3 Å². The minimum atomic E-state index is -0.456. The third-order valence-corrected chi connectivity index (χ3v) is 3.91. The van der Waals surface area contributed by atoms with E-state index in [1.165, 1.54) is 0 Å². The van der Waals surface area contributed by atoms with Gasteiger partial charge in [-0.3, -0.25) is 4.79 Å². The van der Waals surface area contributed by atoms with Gasteiger partial charge in [-0.25, -0.2) is 4.79 Å². The molecule has 2 rings (SSSR count). The van der Waals surface area contributed by atoms with Crippen LogP contribution in [-0.4, -0.2) is 41.1 Å². The maximum absolute atomic E-state index is 12.0. The number of likely N-dealkylation sites (tertiary alicyclic amines) is 1. The molecule has 0 aliphatic carbocycles. The minimum absolute atomic E-state index is 0.0883. The van der Waals surface area contributed by atoms with E-state index in [0.29, 0.717) is 13.1 Å². The van der Waals surface area contributed by atoms with Crippen LogP contribution in [0.25, 0.3) is 0 Å². The van der Waals surface area contributed by atoms with Crippen LogP contribution < -0.4 is 5.32 Å². The van der Waals surface area contributed by atoms with Crippen molar-refractivity contribution in [2.45, 2.75) is 58.1 Å². The number of ether oxygens (including phenoxy) is 1. The summed E-state index contributed by atoms with van der Waals surface area (Å²) < 4.78 is 5.37. The van der Waals surface area contributed by atoms with Crippen molar-refractivity contribution in [1.29, 1.82) is 0 Å². The molecule has 1 unspecified atom stereocenters. The molecule has 2 aliphatic rings. The molecule has 0 bridgehead atoms. The lowest BCUT2D eigenvalue weighted by Gasteiger charge is -2.39. The van der Waals surface area contributed by atoms with Gasteiger partial charge in [-0.15, -0.1) is 0 Å². The quantitative estimate of drug-likeness (QED) is 0.730. The molecule has 1 spiro atoms. The summed E-state index contributed by atoms with van der Waals surface area (Å²) in [5.41, 5.74) is -0.544. The Morgan fingerprint density at radius 3 is 2.37 bits per heavy atom. The Bertz CT molecular complexity index is 379. The highest BCUT2D eigenvalue weighted by molar-refractivity contribution is 5.82. The molecular weight excluding hydrogens is 244 g/mol. The second-order valence-electron chi connectivity index (χ2n) is 6.84. The predicted molar refractivity (Wildman–Crippen MR) is 71.7 cm³/mol. The molecule has 0 aromatic rings. The van der Waals surface area contributed by atoms with Crippen molar-refractivity contribution in [2.75, 3.05) is 13.1 Å². The summed E-state index contributed by atoms with van der Waals surface area (Å²) in [5.74, 6) is 0.235. The highest BCUT2D eigenvalue weighted by atomic mass is 16.6. The van der Waals surface area contributed by atoms with Gasteiger partial charge in [0.2, 0.25) is 5.91 Å². The number of carbonyl (C=O) groups excluding carboxylic acids is 2. The maximum Gasteiger partial charge on any atom is 0.410 e. The molecule has 0 aromatic carbocycles. The molecule has 0 radical (unpaired) electrons. The monoisotopic (exact) mass is 268 g/mol. The number of nitrogens with one attached hydrogen (secondary N) is 1. The predicted octanol–water partition coefficient (Wildman–Crippen LogP) is 1.91. The Kier molecular flexibility index (Phi) is 3.49. The Hall–Kier alpha value is -1.26. The van der Waals surface area contributed by atoms with E-state index in [4.69, 9.17) is 4.74 Å². The van der Waals surface area contributed by atoms with Crippen molar-refractivity contribution in [3.8, 4) is 0 Å². The van der Waals surface area contributed by atoms with Crippen molar-refractivity contribution in [3.63, 3.8) is 0 Å². The second-order valence-corrected chi connectivity index (χ2v) is 6.84. The van der Waals surface area contributed by atoms with Crippen molar-refractivity contribution in [3.05, 3.63) is 0 Å². The summed E-state index contributed by atoms with van der Waals surface area (Å²) >= 11 is 0. The van der Waals surface area contributed by atoms with E-state index >= 15 is 0 Å². The zero-order valence-electron chi connectivity index (χ0n) is 12.3. The average Bonchev–Trinajstić information content (AvgIpc) is 2.52. The molecule has 2 saturated heterocycles. The summed E-state index contributed by atoms with van der Waals surface area (Å²) in [7, 11) is 0. The van der Waals surface area contributed by atoms with E-state index in [9.17, 15) is 9.59 Å². The third kappa shape index (κ3) is 3.19. The summed E-state index contributed by atoms with van der Waals surface area (Å²) in [4.78, 5) is 25.3. The first kappa shape index (κ1) is 14.2. The van der Waals surface area contributed by atoms with E-state index in [1.54, 1.807) is 4.90 Å². The zero-order valence-corrected chi connectivity index (χ0v) is 12.3. The fourth-order valence-corrected chi connectivity index (χ4v) is 2.89. The van der Waals surface area contributed by atoms with Gasteiger partial charge in [0.05, 0.1) is 0 Å². The zero-order chi connectivity index (χ0) is 14.3. The first-order chi connectivity index (χ1) is 8.71. The van der Waals surface area contributed by atoms with Gasteiger partial charge in [0, 0.05) is 24.5 Å². The topological polar surface area (TPSA) is 58.6 Å². The van der Waals surface area contributed by atoms with Crippen molar-refractivity contribution in [2.24, 2.45) is 5.92 Å². The number of rotatable bonds is 0. The first-order valence-electron chi connectivity index (χ1n) is 7.01. The van der Waals surface area contributed by atoms with Crippen LogP contribution in [0.5, 0.6) is 0 Å². The van der Waals surface area contributed by atoms with Gasteiger partial charge in [-0.1, -0.05) is 6.92 Å². The minimum Gasteiger partial charge on any atom is -0.444 e. The number of nitrogens with zero attached hydrogens (tertiary/aromatic N) is 1. The summed E-state index contributed by atoms with van der Waals surface area (Å²) in [6, 6.07) is 0. The van der Waals surface area contributed by atoms with Crippen LogP contribution in [0.4, 0.5) is 4.79 Å². The lowest BCUT2D eigenvalue weighted by Crippen LogP contribution is -2.52. The van der Waals surface area contributed by atoms with Crippen LogP contribution in [0.3, 0.4) is 0 Å². The Labute approximate surface area is 114 Å². The molecule has 1 atom stereocenters. The molecule has 2 heterocycles. The maximum atomic E-state index is 12.0. The van der Waals surface area contributed by atoms with E-state index in [2.05, 4.69) is 5.32 Å². The molecule has 5 nitrogen and oxygen atoms in total. The van der Waals surface area contributed by atoms with Crippen molar-refractivity contribution in [1.82, 2.24) is 10.2 Å². The molecule has 2 aliphatic heterocycles. The molecule has 108 valence electrons. The fourth-order valence-electron chi connectivity index (χ4n) is 2.89. The molecular formula is C14H24N2O3. The number of hydrogen-bond acceptors (Lipinski definition) is 3. The number of piperidine rings is 1. The first-order valence-corrected chi connectivity index (χ1v) is 7.01. The van der Waals surface area contributed by atoms with E-state index in [0.717, 1.165) is 19.3 Å². The Morgan fingerprint density at radius 2 is 1.95 bits per heavy atom. The molecule has 1 N–H and O–H groups in total. The smallest absolute Gasteiger partial charge is 0.410 e. The average molecular weight is 268 g/mol. The molecule has 19 heavy (non-hydrogen) atoms. The van der Waals surface area contributed by atoms with Gasteiger partial charge >= 0.3 is 6.09 Å². The Morgan fingerprint density at radius 1 is 1.37 bits per heavy atom. The highest BCUT2D eigenvalue weighted by Gasteiger charge is 2.44. The van der Waals surface area contributed by atoms with Crippen LogP contribution >= 0.6 is 0 Å². The normalized spacial score (nSPS) is 26.4. The lowest BCUT2D eigenvalue weighted by molar-refractivity contribution is -0.122. The highest BCUT2D eigenvalue weighted by Crippen LogP contribution is 2.34. The molecule has 5 heteroatoms. The summed E-state index contributed by atoms with van der Waals surface area (Å²) in [5, 5.41) is 3.11. The molecule has 0 saturated carbocycles. The summed E-state index contributed by atoms with van der Waals surface area (Å²) in [6.45, 7) is 8.88. The van der Waals surface area contributed by atoms with Gasteiger partial charge in [-0.2, -0.15) is 0 Å². The second kappa shape index (κ2) is 4.69. The van der Waals surface area contributed by atoms with Gasteiger partial charge in [0.25, 0.3) is 0 Å². The Balaban J connectivity index is 1.89. The van der Waals surface area contributed by atoms with Crippen LogP contribution in [0, 0.1) is 5.92 Å². The standard InChI is InChI=1S/C14H24N2O3/c1-10-9-14(15-11(10)17)5-7-16(8-6-14)12(18)19-13(2,3)4/h10H,5-9H2,1-4H3,(H,15,17). The van der Waals surface area contributed by atoms with Gasteiger partial charge in [0.15, 0.2) is 0 Å². The van der Waals surface area contributed by atoms with Gasteiger partial charge < -0.3 is 15.0 Å². The van der Waals surface area contributed by atoms with E-state index in [-0.39, 0.29) is 23.5 Å². The van der Waals surface area contributed by atoms with Crippen LogP contribution in [0.2, 0.25) is 0 Å². The third-order valence-electron chi connectivity index (χ3n) is 3.91. The summed E-state index contributed by atoms with van der Waals surface area (Å²) in [6.07, 6.45) is 2.28. The van der Waals surface area contributed by atoms with E-state index < -0.39 is 5.60 Å². The van der Waals surface area contributed by atoms with Gasteiger partial charge in [-0.05, 0) is 40.0 Å².